The van der Waals surface area contributed by atoms with Crippen molar-refractivity contribution in [1.82, 2.24) is 4.90 Å². The van der Waals surface area contributed by atoms with E-state index < -0.39 is 0 Å². The van der Waals surface area contributed by atoms with Gasteiger partial charge in [0.1, 0.15) is 0 Å². The second-order valence-corrected chi connectivity index (χ2v) is 5.45. The van der Waals surface area contributed by atoms with Gasteiger partial charge in [-0.2, -0.15) is 0 Å². The Kier molecular flexibility index (Phi) is 6.32. The molecule has 1 fully saturated rings. The zero-order valence-electron chi connectivity index (χ0n) is 11.1. The highest BCUT2D eigenvalue weighted by molar-refractivity contribution is 4.75. The highest BCUT2D eigenvalue weighted by atomic mass is 16.5. The van der Waals surface area contributed by atoms with Gasteiger partial charge in [-0.3, -0.25) is 0 Å². The molecule has 3 nitrogen and oxygen atoms in total. The maximum atomic E-state index is 5.99. The van der Waals surface area contributed by atoms with Crippen molar-refractivity contribution in [3.63, 3.8) is 0 Å². The zero-order chi connectivity index (χ0) is 12.0. The van der Waals surface area contributed by atoms with Crippen molar-refractivity contribution in [3.8, 4) is 0 Å². The third-order valence-electron chi connectivity index (χ3n) is 3.68. The minimum Gasteiger partial charge on any atom is -0.383 e. The molecule has 0 bridgehead atoms. The molecule has 0 aliphatic carbocycles. The topological polar surface area (TPSA) is 38.5 Å². The van der Waals surface area contributed by atoms with Crippen LogP contribution in [0.15, 0.2) is 0 Å². The van der Waals surface area contributed by atoms with Crippen LogP contribution in [0.2, 0.25) is 0 Å². The number of methoxy groups -OCH3 is 1. The van der Waals surface area contributed by atoms with E-state index in [1.807, 2.05) is 0 Å². The van der Waals surface area contributed by atoms with Gasteiger partial charge < -0.3 is 15.4 Å². The molecule has 1 saturated heterocycles. The Morgan fingerprint density at radius 3 is 2.69 bits per heavy atom. The molecule has 0 aromatic carbocycles. The van der Waals surface area contributed by atoms with Gasteiger partial charge in [0.05, 0.1) is 6.61 Å². The second-order valence-electron chi connectivity index (χ2n) is 5.45. The molecule has 0 spiro atoms. The number of hydrogen-bond acceptors (Lipinski definition) is 3. The predicted molar refractivity (Wildman–Crippen MR) is 68.5 cm³/mol. The van der Waals surface area contributed by atoms with Crippen LogP contribution in [-0.4, -0.2) is 44.3 Å². The summed E-state index contributed by atoms with van der Waals surface area (Å²) in [6, 6.07) is 0.167. The van der Waals surface area contributed by atoms with E-state index in [-0.39, 0.29) is 6.04 Å². The molecule has 16 heavy (non-hydrogen) atoms. The molecule has 2 unspecified atom stereocenters. The van der Waals surface area contributed by atoms with E-state index >= 15 is 0 Å². The van der Waals surface area contributed by atoms with Gasteiger partial charge in [-0.1, -0.05) is 13.8 Å². The van der Waals surface area contributed by atoms with Crippen LogP contribution in [0.4, 0.5) is 0 Å². The van der Waals surface area contributed by atoms with E-state index in [0.717, 1.165) is 18.4 Å². The van der Waals surface area contributed by atoms with Crippen molar-refractivity contribution in [1.29, 1.82) is 0 Å². The number of hydrogen-bond donors (Lipinski definition) is 1. The zero-order valence-corrected chi connectivity index (χ0v) is 11.1. The molecule has 0 aromatic rings. The summed E-state index contributed by atoms with van der Waals surface area (Å²) in [4.78, 5) is 2.51. The lowest BCUT2D eigenvalue weighted by atomic mass is 9.89. The summed E-state index contributed by atoms with van der Waals surface area (Å²) in [5.74, 6) is 1.73. The first-order valence-corrected chi connectivity index (χ1v) is 6.60. The van der Waals surface area contributed by atoms with Crippen LogP contribution in [-0.2, 0) is 4.74 Å². The van der Waals surface area contributed by atoms with Gasteiger partial charge in [0.2, 0.25) is 0 Å². The number of ether oxygens (including phenoxy) is 1. The summed E-state index contributed by atoms with van der Waals surface area (Å²) in [6.07, 6.45) is 4.04. The predicted octanol–water partition coefficient (Wildman–Crippen LogP) is 1.72. The molecule has 2 N–H and O–H groups in total. The van der Waals surface area contributed by atoms with E-state index in [9.17, 15) is 0 Å². The molecule has 0 saturated carbocycles. The van der Waals surface area contributed by atoms with Crippen LogP contribution < -0.4 is 5.73 Å². The lowest BCUT2D eigenvalue weighted by molar-refractivity contribution is 0.154. The van der Waals surface area contributed by atoms with Crippen LogP contribution in [0, 0.1) is 11.8 Å². The second kappa shape index (κ2) is 7.25. The third-order valence-corrected chi connectivity index (χ3v) is 3.68. The lowest BCUT2D eigenvalue weighted by Crippen LogP contribution is -2.40. The van der Waals surface area contributed by atoms with E-state index in [2.05, 4.69) is 18.7 Å². The fourth-order valence-corrected chi connectivity index (χ4v) is 2.63. The Bertz CT molecular complexity index is 185. The highest BCUT2D eigenvalue weighted by Gasteiger charge is 2.20. The molecule has 1 aliphatic rings. The van der Waals surface area contributed by atoms with Crippen molar-refractivity contribution in [3.05, 3.63) is 0 Å². The average Bonchev–Trinajstić information content (AvgIpc) is 2.43. The molecular formula is C13H28N2O. The summed E-state index contributed by atoms with van der Waals surface area (Å²) in [6.45, 7) is 8.76. The van der Waals surface area contributed by atoms with E-state index in [0.29, 0.717) is 6.61 Å². The largest absolute Gasteiger partial charge is 0.383 e. The van der Waals surface area contributed by atoms with Crippen molar-refractivity contribution in [2.24, 2.45) is 17.6 Å². The summed E-state index contributed by atoms with van der Waals surface area (Å²) >= 11 is 0. The maximum absolute atomic E-state index is 5.99. The normalized spacial score (nSPS) is 25.7. The average molecular weight is 228 g/mol. The summed E-state index contributed by atoms with van der Waals surface area (Å²) < 4.78 is 5.08. The van der Waals surface area contributed by atoms with Crippen LogP contribution >= 0.6 is 0 Å². The van der Waals surface area contributed by atoms with E-state index in [1.165, 1.54) is 32.4 Å². The number of rotatable bonds is 5. The Balaban J connectivity index is 2.29. The van der Waals surface area contributed by atoms with Crippen LogP contribution in [0.5, 0.6) is 0 Å². The van der Waals surface area contributed by atoms with E-state index in [4.69, 9.17) is 10.5 Å². The van der Waals surface area contributed by atoms with Crippen LogP contribution in [0.1, 0.15) is 33.1 Å². The first-order valence-electron chi connectivity index (χ1n) is 6.60. The van der Waals surface area contributed by atoms with Crippen molar-refractivity contribution >= 4 is 0 Å². The molecule has 1 rings (SSSR count). The van der Waals surface area contributed by atoms with Gasteiger partial charge in [0, 0.05) is 19.7 Å². The van der Waals surface area contributed by atoms with Gasteiger partial charge in [-0.25, -0.2) is 0 Å². The van der Waals surface area contributed by atoms with Gasteiger partial charge >= 0.3 is 0 Å². The number of nitrogens with zero attached hydrogens (tertiary/aromatic N) is 1. The summed E-state index contributed by atoms with van der Waals surface area (Å²) in [5.41, 5.74) is 5.99. The van der Waals surface area contributed by atoms with Gasteiger partial charge in [0.15, 0.2) is 0 Å². The highest BCUT2D eigenvalue weighted by Crippen LogP contribution is 2.24. The summed E-state index contributed by atoms with van der Waals surface area (Å²) in [5, 5.41) is 0. The van der Waals surface area contributed by atoms with Gasteiger partial charge in [0.25, 0.3) is 0 Å². The Morgan fingerprint density at radius 1 is 1.31 bits per heavy atom. The van der Waals surface area contributed by atoms with Crippen molar-refractivity contribution in [2.45, 2.75) is 39.2 Å². The molecule has 3 heteroatoms. The molecule has 0 amide bonds. The van der Waals surface area contributed by atoms with Crippen LogP contribution in [0.3, 0.4) is 0 Å². The minimum absolute atomic E-state index is 0.167. The molecule has 1 aliphatic heterocycles. The molecule has 0 aromatic heterocycles. The van der Waals surface area contributed by atoms with Gasteiger partial charge in [-0.15, -0.1) is 0 Å². The Labute approximate surface area is 100 Å². The fourth-order valence-electron chi connectivity index (χ4n) is 2.63. The smallest absolute Gasteiger partial charge is 0.0626 e. The third kappa shape index (κ3) is 4.81. The first-order chi connectivity index (χ1) is 7.63. The standard InChI is InChI=1S/C13H28N2O/c1-11(2)12-5-4-7-15(8-6-12)9-13(14)10-16-3/h11-13H,4-10,14H2,1-3H3. The number of likely N-dealkylation sites (tertiary alicyclic amines) is 1. The Morgan fingerprint density at radius 2 is 2.06 bits per heavy atom. The summed E-state index contributed by atoms with van der Waals surface area (Å²) in [7, 11) is 1.72. The first kappa shape index (κ1) is 13.9. The molecule has 2 atom stereocenters. The van der Waals surface area contributed by atoms with Crippen molar-refractivity contribution < 1.29 is 4.74 Å². The fraction of sp³-hybridized carbons (Fsp3) is 1.00. The maximum Gasteiger partial charge on any atom is 0.0626 e. The SMILES string of the molecule is COCC(N)CN1CCCC(C(C)C)CC1. The molecule has 1 heterocycles. The molecule has 0 radical (unpaired) electrons. The monoisotopic (exact) mass is 228 g/mol. The molecule has 96 valence electrons. The lowest BCUT2D eigenvalue weighted by Gasteiger charge is -2.24. The Hall–Kier alpha value is -0.120. The van der Waals surface area contributed by atoms with Crippen molar-refractivity contribution in [2.75, 3.05) is 33.4 Å². The molecular weight excluding hydrogens is 200 g/mol. The van der Waals surface area contributed by atoms with Gasteiger partial charge in [-0.05, 0) is 44.2 Å². The quantitative estimate of drug-likeness (QED) is 0.778. The van der Waals surface area contributed by atoms with Crippen LogP contribution in [0.25, 0.3) is 0 Å². The van der Waals surface area contributed by atoms with E-state index in [1.54, 1.807) is 7.11 Å². The number of nitrogens with two attached hydrogens (primary N) is 1. The minimum atomic E-state index is 0.167.